The highest BCUT2D eigenvalue weighted by Crippen LogP contribution is 2.24. The van der Waals surface area contributed by atoms with Gasteiger partial charge in [0.1, 0.15) is 5.69 Å². The van der Waals surface area contributed by atoms with Crippen molar-refractivity contribution < 1.29 is 4.52 Å². The van der Waals surface area contributed by atoms with Crippen LogP contribution in [0, 0.1) is 0 Å². The molecular formula is C14H18BrN5O. The number of nitrogens with zero attached hydrogens (tertiary/aromatic N) is 4. The summed E-state index contributed by atoms with van der Waals surface area (Å²) in [6, 6.07) is 3.99. The van der Waals surface area contributed by atoms with Gasteiger partial charge in [-0.25, -0.2) is 4.98 Å². The molecular weight excluding hydrogens is 334 g/mol. The fourth-order valence-electron chi connectivity index (χ4n) is 2.57. The fourth-order valence-corrected chi connectivity index (χ4v) is 2.81. The second-order valence-corrected chi connectivity index (χ2v) is 5.95. The summed E-state index contributed by atoms with van der Waals surface area (Å²) in [4.78, 5) is 11.2. The lowest BCUT2D eigenvalue weighted by atomic mass is 10.1. The van der Waals surface area contributed by atoms with Gasteiger partial charge < -0.3 is 9.84 Å². The Hall–Kier alpha value is -1.31. The van der Waals surface area contributed by atoms with Crippen molar-refractivity contribution in [3.8, 4) is 11.6 Å². The van der Waals surface area contributed by atoms with Crippen LogP contribution in [0.15, 0.2) is 27.3 Å². The summed E-state index contributed by atoms with van der Waals surface area (Å²) in [6.45, 7) is 6.20. The Morgan fingerprint density at radius 2 is 2.19 bits per heavy atom. The Morgan fingerprint density at radius 1 is 1.38 bits per heavy atom. The maximum absolute atomic E-state index is 5.38. The normalized spacial score (nSPS) is 17.8. The van der Waals surface area contributed by atoms with E-state index in [1.807, 2.05) is 12.1 Å². The number of aromatic nitrogens is 3. The molecule has 1 fully saturated rings. The SMILES string of the molecule is CCC(c1noc(-c2ccc(Br)cn2)n1)N1CCNCC1. The third-order valence-corrected chi connectivity index (χ3v) is 4.13. The standard InChI is InChI=1S/C14H18BrN5O/c1-2-12(20-7-5-16-6-8-20)13-18-14(21-19-13)11-4-3-10(15)9-17-11/h3-4,9,12,16H,2,5-8H2,1H3. The van der Waals surface area contributed by atoms with Crippen LogP contribution in [0.4, 0.5) is 0 Å². The van der Waals surface area contributed by atoms with Gasteiger partial charge in [-0.05, 0) is 34.5 Å². The minimum Gasteiger partial charge on any atom is -0.332 e. The molecule has 3 rings (SSSR count). The first-order valence-corrected chi connectivity index (χ1v) is 7.97. The Balaban J connectivity index is 1.80. The molecule has 3 heterocycles. The van der Waals surface area contributed by atoms with Gasteiger partial charge in [-0.15, -0.1) is 0 Å². The number of hydrogen-bond donors (Lipinski definition) is 1. The summed E-state index contributed by atoms with van der Waals surface area (Å²) >= 11 is 3.37. The maximum atomic E-state index is 5.38. The van der Waals surface area contributed by atoms with Crippen LogP contribution in [0.2, 0.25) is 0 Å². The third-order valence-electron chi connectivity index (χ3n) is 3.67. The molecule has 0 saturated carbocycles. The molecule has 112 valence electrons. The summed E-state index contributed by atoms with van der Waals surface area (Å²) in [6.07, 6.45) is 2.69. The highest BCUT2D eigenvalue weighted by molar-refractivity contribution is 9.10. The molecule has 0 bridgehead atoms. The van der Waals surface area contributed by atoms with Gasteiger partial charge in [-0.2, -0.15) is 4.98 Å². The van der Waals surface area contributed by atoms with Crippen LogP contribution < -0.4 is 5.32 Å². The van der Waals surface area contributed by atoms with Crippen LogP contribution in [0.25, 0.3) is 11.6 Å². The van der Waals surface area contributed by atoms with Gasteiger partial charge in [0, 0.05) is 36.8 Å². The summed E-state index contributed by atoms with van der Waals surface area (Å²) in [5.41, 5.74) is 0.701. The summed E-state index contributed by atoms with van der Waals surface area (Å²) in [7, 11) is 0. The van der Waals surface area contributed by atoms with E-state index in [1.54, 1.807) is 6.20 Å². The van der Waals surface area contributed by atoms with E-state index < -0.39 is 0 Å². The first kappa shape index (κ1) is 14.6. The largest absolute Gasteiger partial charge is 0.332 e. The summed E-state index contributed by atoms with van der Waals surface area (Å²) in [5.74, 6) is 1.23. The fraction of sp³-hybridized carbons (Fsp3) is 0.500. The summed E-state index contributed by atoms with van der Waals surface area (Å²) < 4.78 is 6.31. The molecule has 1 aliphatic heterocycles. The minimum absolute atomic E-state index is 0.208. The zero-order valence-electron chi connectivity index (χ0n) is 11.9. The smallest absolute Gasteiger partial charge is 0.276 e. The van der Waals surface area contributed by atoms with E-state index in [-0.39, 0.29) is 6.04 Å². The Labute approximate surface area is 132 Å². The zero-order chi connectivity index (χ0) is 14.7. The molecule has 0 aliphatic carbocycles. The molecule has 1 saturated heterocycles. The van der Waals surface area contributed by atoms with Crippen LogP contribution in [0.1, 0.15) is 25.2 Å². The zero-order valence-corrected chi connectivity index (χ0v) is 13.5. The molecule has 1 N–H and O–H groups in total. The number of rotatable bonds is 4. The lowest BCUT2D eigenvalue weighted by molar-refractivity contribution is 0.160. The van der Waals surface area contributed by atoms with E-state index in [2.05, 4.69) is 48.2 Å². The first-order valence-electron chi connectivity index (χ1n) is 7.18. The number of hydrogen-bond acceptors (Lipinski definition) is 6. The van der Waals surface area contributed by atoms with E-state index in [1.165, 1.54) is 0 Å². The number of nitrogens with one attached hydrogen (secondary N) is 1. The molecule has 21 heavy (non-hydrogen) atoms. The highest BCUT2D eigenvalue weighted by Gasteiger charge is 2.25. The van der Waals surface area contributed by atoms with Crippen molar-refractivity contribution in [3.05, 3.63) is 28.6 Å². The van der Waals surface area contributed by atoms with Crippen LogP contribution in [-0.4, -0.2) is 46.2 Å². The van der Waals surface area contributed by atoms with Crippen molar-refractivity contribution in [2.75, 3.05) is 26.2 Å². The molecule has 0 amide bonds. The van der Waals surface area contributed by atoms with E-state index >= 15 is 0 Å². The second-order valence-electron chi connectivity index (χ2n) is 5.03. The van der Waals surface area contributed by atoms with Crippen LogP contribution >= 0.6 is 15.9 Å². The van der Waals surface area contributed by atoms with Gasteiger partial charge in [0.25, 0.3) is 5.89 Å². The van der Waals surface area contributed by atoms with Crippen molar-refractivity contribution in [1.82, 2.24) is 25.3 Å². The minimum atomic E-state index is 0.208. The van der Waals surface area contributed by atoms with Gasteiger partial charge in [0.05, 0.1) is 6.04 Å². The average Bonchev–Trinajstić information content (AvgIpc) is 2.99. The van der Waals surface area contributed by atoms with Crippen molar-refractivity contribution in [2.45, 2.75) is 19.4 Å². The monoisotopic (exact) mass is 351 g/mol. The van der Waals surface area contributed by atoms with Gasteiger partial charge in [-0.3, -0.25) is 4.90 Å². The molecule has 2 aromatic heterocycles. The van der Waals surface area contributed by atoms with E-state index in [0.29, 0.717) is 11.6 Å². The predicted molar refractivity (Wildman–Crippen MR) is 82.7 cm³/mol. The van der Waals surface area contributed by atoms with Gasteiger partial charge in [-0.1, -0.05) is 12.1 Å². The van der Waals surface area contributed by atoms with E-state index in [0.717, 1.165) is 42.9 Å². The van der Waals surface area contributed by atoms with Gasteiger partial charge in [0.15, 0.2) is 5.82 Å². The Morgan fingerprint density at radius 3 is 2.86 bits per heavy atom. The Bertz CT molecular complexity index is 579. The lowest BCUT2D eigenvalue weighted by Crippen LogP contribution is -2.45. The third kappa shape index (κ3) is 3.30. The molecule has 1 aliphatic rings. The molecule has 1 atom stereocenters. The summed E-state index contributed by atoms with van der Waals surface area (Å²) in [5, 5.41) is 7.52. The highest BCUT2D eigenvalue weighted by atomic mass is 79.9. The van der Waals surface area contributed by atoms with Crippen molar-refractivity contribution in [2.24, 2.45) is 0 Å². The average molecular weight is 352 g/mol. The number of piperazine rings is 1. The van der Waals surface area contributed by atoms with Gasteiger partial charge in [0.2, 0.25) is 0 Å². The Kier molecular flexibility index (Phi) is 4.62. The predicted octanol–water partition coefficient (Wildman–Crippen LogP) is 2.25. The van der Waals surface area contributed by atoms with E-state index in [4.69, 9.17) is 4.52 Å². The molecule has 1 unspecified atom stereocenters. The molecule has 7 heteroatoms. The lowest BCUT2D eigenvalue weighted by Gasteiger charge is -2.32. The second kappa shape index (κ2) is 6.64. The molecule has 0 spiro atoms. The maximum Gasteiger partial charge on any atom is 0.276 e. The topological polar surface area (TPSA) is 67.1 Å². The van der Waals surface area contributed by atoms with Crippen molar-refractivity contribution >= 4 is 15.9 Å². The van der Waals surface area contributed by atoms with Crippen molar-refractivity contribution in [1.29, 1.82) is 0 Å². The molecule has 2 aromatic rings. The van der Waals surface area contributed by atoms with E-state index in [9.17, 15) is 0 Å². The van der Waals surface area contributed by atoms with Crippen molar-refractivity contribution in [3.63, 3.8) is 0 Å². The van der Waals surface area contributed by atoms with Crippen LogP contribution in [0.3, 0.4) is 0 Å². The van der Waals surface area contributed by atoms with Gasteiger partial charge >= 0.3 is 0 Å². The quantitative estimate of drug-likeness (QED) is 0.911. The number of halogens is 1. The van der Waals surface area contributed by atoms with Crippen LogP contribution in [-0.2, 0) is 0 Å². The molecule has 0 radical (unpaired) electrons. The molecule has 0 aromatic carbocycles. The number of pyridine rings is 1. The van der Waals surface area contributed by atoms with Crippen LogP contribution in [0.5, 0.6) is 0 Å². The first-order chi connectivity index (χ1) is 10.3. The molecule has 6 nitrogen and oxygen atoms in total.